The lowest BCUT2D eigenvalue weighted by Crippen LogP contribution is -2.21. The third-order valence-electron chi connectivity index (χ3n) is 4.83. The zero-order valence-corrected chi connectivity index (χ0v) is 14.2. The first-order valence-corrected chi connectivity index (χ1v) is 9.01. The molecule has 124 valence electrons. The normalized spacial score (nSPS) is 15.9. The second-order valence-electron chi connectivity index (χ2n) is 6.60. The molecular weight excluding hydrogens is 284 g/mol. The van der Waals surface area contributed by atoms with E-state index >= 15 is 0 Å². The van der Waals surface area contributed by atoms with Gasteiger partial charge in [-0.2, -0.15) is 0 Å². The summed E-state index contributed by atoms with van der Waals surface area (Å²) in [5.74, 6) is 2.95. The molecule has 1 N–H and O–H groups in total. The minimum absolute atomic E-state index is 0.605. The number of fused-ring (bicyclic) bond motifs is 1. The van der Waals surface area contributed by atoms with Crippen LogP contribution in [-0.2, 0) is 19.4 Å². The van der Waals surface area contributed by atoms with Gasteiger partial charge in [0.05, 0.1) is 0 Å². The highest BCUT2D eigenvalue weighted by Gasteiger charge is 2.14. The van der Waals surface area contributed by atoms with Crippen molar-refractivity contribution in [3.05, 3.63) is 47.5 Å². The second kappa shape index (κ2) is 8.25. The summed E-state index contributed by atoms with van der Waals surface area (Å²) in [5.41, 5.74) is 1.43. The lowest BCUT2D eigenvalue weighted by atomic mass is 9.98. The van der Waals surface area contributed by atoms with Gasteiger partial charge in [0.1, 0.15) is 11.6 Å². The minimum Gasteiger partial charge on any atom is -0.316 e. The van der Waals surface area contributed by atoms with E-state index in [4.69, 9.17) is 0 Å². The number of hydrogen-bond acceptors (Lipinski definition) is 3. The highest BCUT2D eigenvalue weighted by Crippen LogP contribution is 2.17. The molecule has 0 bridgehead atoms. The van der Waals surface area contributed by atoms with E-state index in [2.05, 4.69) is 57.3 Å². The van der Waals surface area contributed by atoms with Gasteiger partial charge in [-0.25, -0.2) is 0 Å². The summed E-state index contributed by atoms with van der Waals surface area (Å²) in [4.78, 5) is 0. The van der Waals surface area contributed by atoms with E-state index in [0.717, 1.165) is 38.3 Å². The lowest BCUT2D eigenvalue weighted by molar-refractivity contribution is 0.566. The summed E-state index contributed by atoms with van der Waals surface area (Å²) in [5, 5.41) is 12.3. The maximum atomic E-state index is 4.39. The fraction of sp³-hybridized carbons (Fsp3) is 0.579. The number of nitrogens with zero attached hydrogens (tertiary/aromatic N) is 3. The third-order valence-corrected chi connectivity index (χ3v) is 4.83. The highest BCUT2D eigenvalue weighted by molar-refractivity contribution is 5.18. The molecule has 4 heteroatoms. The van der Waals surface area contributed by atoms with Crippen LogP contribution in [0.4, 0.5) is 0 Å². The number of rotatable bonds is 7. The van der Waals surface area contributed by atoms with Crippen molar-refractivity contribution in [1.82, 2.24) is 20.1 Å². The topological polar surface area (TPSA) is 42.7 Å². The molecule has 0 saturated heterocycles. The molecule has 0 fully saturated rings. The van der Waals surface area contributed by atoms with E-state index in [0.29, 0.717) is 5.92 Å². The van der Waals surface area contributed by atoms with Crippen LogP contribution in [0.2, 0.25) is 0 Å². The summed E-state index contributed by atoms with van der Waals surface area (Å²) in [7, 11) is 0. The van der Waals surface area contributed by atoms with Gasteiger partial charge in [0.15, 0.2) is 0 Å². The fourth-order valence-corrected chi connectivity index (χ4v) is 3.32. The molecule has 2 aromatic rings. The Balaban J connectivity index is 1.40. The van der Waals surface area contributed by atoms with Crippen molar-refractivity contribution in [2.45, 2.75) is 57.9 Å². The molecule has 2 heterocycles. The molecule has 1 unspecified atom stereocenters. The van der Waals surface area contributed by atoms with Gasteiger partial charge in [-0.15, -0.1) is 10.2 Å². The molecular formula is C19H28N4. The van der Waals surface area contributed by atoms with Crippen LogP contribution >= 0.6 is 0 Å². The summed E-state index contributed by atoms with van der Waals surface area (Å²) in [6, 6.07) is 10.8. The first-order chi connectivity index (χ1) is 11.3. The maximum Gasteiger partial charge on any atom is 0.134 e. The van der Waals surface area contributed by atoms with Gasteiger partial charge in [0.25, 0.3) is 0 Å². The predicted molar refractivity (Wildman–Crippen MR) is 93.6 cm³/mol. The molecule has 1 aliphatic rings. The third kappa shape index (κ3) is 4.41. The van der Waals surface area contributed by atoms with E-state index in [-0.39, 0.29) is 0 Å². The number of aryl methyl sites for hydroxylation is 1. The van der Waals surface area contributed by atoms with Crippen LogP contribution in [0, 0.1) is 0 Å². The molecule has 1 atom stereocenters. The van der Waals surface area contributed by atoms with E-state index in [1.807, 2.05) is 0 Å². The summed E-state index contributed by atoms with van der Waals surface area (Å²) < 4.78 is 2.35. The van der Waals surface area contributed by atoms with E-state index in [1.54, 1.807) is 0 Å². The monoisotopic (exact) mass is 312 g/mol. The van der Waals surface area contributed by atoms with E-state index in [1.165, 1.54) is 37.1 Å². The van der Waals surface area contributed by atoms with Gasteiger partial charge < -0.3 is 9.88 Å². The lowest BCUT2D eigenvalue weighted by Gasteiger charge is -2.12. The molecule has 0 aliphatic carbocycles. The van der Waals surface area contributed by atoms with Gasteiger partial charge in [-0.3, -0.25) is 0 Å². The van der Waals surface area contributed by atoms with Crippen molar-refractivity contribution in [1.29, 1.82) is 0 Å². The molecule has 3 rings (SSSR count). The average Bonchev–Trinajstić information content (AvgIpc) is 2.82. The largest absolute Gasteiger partial charge is 0.316 e. The number of nitrogens with one attached hydrogen (secondary N) is 1. The maximum absolute atomic E-state index is 4.39. The van der Waals surface area contributed by atoms with E-state index < -0.39 is 0 Å². The van der Waals surface area contributed by atoms with Crippen LogP contribution in [0.1, 0.15) is 55.7 Å². The number of hydrogen-bond donors (Lipinski definition) is 1. The van der Waals surface area contributed by atoms with Crippen molar-refractivity contribution in [2.75, 3.05) is 13.1 Å². The molecule has 0 amide bonds. The Morgan fingerprint density at radius 3 is 2.83 bits per heavy atom. The summed E-state index contributed by atoms with van der Waals surface area (Å²) >= 11 is 0. The van der Waals surface area contributed by atoms with Crippen molar-refractivity contribution in [2.24, 2.45) is 0 Å². The molecule has 23 heavy (non-hydrogen) atoms. The molecule has 1 aromatic carbocycles. The SMILES string of the molecule is CC(CCNCCc1nnc2n1CCCCC2)c1ccccc1. The van der Waals surface area contributed by atoms with Crippen molar-refractivity contribution < 1.29 is 0 Å². The molecule has 0 radical (unpaired) electrons. The Labute approximate surface area is 139 Å². The van der Waals surface area contributed by atoms with Gasteiger partial charge in [-0.1, -0.05) is 43.7 Å². The van der Waals surface area contributed by atoms with Gasteiger partial charge in [0.2, 0.25) is 0 Å². The van der Waals surface area contributed by atoms with Gasteiger partial charge >= 0.3 is 0 Å². The van der Waals surface area contributed by atoms with Crippen LogP contribution < -0.4 is 5.32 Å². The predicted octanol–water partition coefficient (Wildman–Crippen LogP) is 3.33. The smallest absolute Gasteiger partial charge is 0.134 e. The zero-order chi connectivity index (χ0) is 15.9. The van der Waals surface area contributed by atoms with E-state index in [9.17, 15) is 0 Å². The van der Waals surface area contributed by atoms with Gasteiger partial charge in [-0.05, 0) is 37.3 Å². The molecule has 4 nitrogen and oxygen atoms in total. The number of aromatic nitrogens is 3. The van der Waals surface area contributed by atoms with Crippen molar-refractivity contribution in [3.8, 4) is 0 Å². The minimum atomic E-state index is 0.605. The fourth-order valence-electron chi connectivity index (χ4n) is 3.32. The highest BCUT2D eigenvalue weighted by atomic mass is 15.3. The standard InChI is InChI=1S/C19H28N4/c1-16(17-8-4-2-5-9-17)11-13-20-14-12-19-22-21-18-10-6-3-7-15-23(18)19/h2,4-5,8-9,16,20H,3,6-7,10-15H2,1H3. The van der Waals surface area contributed by atoms with Crippen LogP contribution in [0.25, 0.3) is 0 Å². The Kier molecular flexibility index (Phi) is 5.81. The summed E-state index contributed by atoms with van der Waals surface area (Å²) in [6.07, 6.45) is 7.08. The van der Waals surface area contributed by atoms with Crippen LogP contribution in [0.3, 0.4) is 0 Å². The Morgan fingerprint density at radius 2 is 1.96 bits per heavy atom. The molecule has 1 aliphatic heterocycles. The molecule has 0 spiro atoms. The zero-order valence-electron chi connectivity index (χ0n) is 14.2. The van der Waals surface area contributed by atoms with Crippen LogP contribution in [-0.4, -0.2) is 27.9 Å². The average molecular weight is 312 g/mol. The van der Waals surface area contributed by atoms with Crippen molar-refractivity contribution >= 4 is 0 Å². The quantitative estimate of drug-likeness (QED) is 0.798. The van der Waals surface area contributed by atoms with Crippen molar-refractivity contribution in [3.63, 3.8) is 0 Å². The van der Waals surface area contributed by atoms with Gasteiger partial charge in [0, 0.05) is 25.9 Å². The molecule has 0 saturated carbocycles. The Morgan fingerprint density at radius 1 is 1.09 bits per heavy atom. The first-order valence-electron chi connectivity index (χ1n) is 9.01. The number of benzene rings is 1. The first kappa shape index (κ1) is 16.2. The molecule has 1 aromatic heterocycles. The second-order valence-corrected chi connectivity index (χ2v) is 6.60. The van der Waals surface area contributed by atoms with Crippen LogP contribution in [0.5, 0.6) is 0 Å². The Hall–Kier alpha value is -1.68. The van der Waals surface area contributed by atoms with Crippen LogP contribution in [0.15, 0.2) is 30.3 Å². The Bertz CT molecular complexity index is 591. The summed E-state index contributed by atoms with van der Waals surface area (Å²) in [6.45, 7) is 5.44.